The highest BCUT2D eigenvalue weighted by Gasteiger charge is 2.42. The van der Waals surface area contributed by atoms with Crippen molar-refractivity contribution in [1.82, 2.24) is 16.0 Å². The molecule has 3 atom stereocenters. The third-order valence-corrected chi connectivity index (χ3v) is 7.02. The number of hydrogen-bond donors (Lipinski definition) is 3. The number of urea groups is 1. The van der Waals surface area contributed by atoms with Crippen LogP contribution in [0.1, 0.15) is 58.8 Å². The van der Waals surface area contributed by atoms with E-state index in [-0.39, 0.29) is 42.0 Å². The lowest BCUT2D eigenvalue weighted by Crippen LogP contribution is -2.38. The maximum absolute atomic E-state index is 12.2. The molecule has 0 aromatic carbocycles. The number of fused-ring (bicyclic) bond motifs is 1. The second-order valence-electron chi connectivity index (χ2n) is 8.50. The number of rotatable bonds is 13. The van der Waals surface area contributed by atoms with Gasteiger partial charge in [0.05, 0.1) is 17.5 Å². The van der Waals surface area contributed by atoms with Crippen LogP contribution in [-0.4, -0.2) is 53.1 Å². The predicted octanol–water partition coefficient (Wildman–Crippen LogP) is 2.35. The van der Waals surface area contributed by atoms with Crippen LogP contribution in [0, 0.1) is 5.41 Å². The smallest absolute Gasteiger partial charge is 0.315 e. The van der Waals surface area contributed by atoms with Crippen molar-refractivity contribution in [3.8, 4) is 0 Å². The van der Waals surface area contributed by atoms with Gasteiger partial charge in [-0.2, -0.15) is 11.8 Å². The summed E-state index contributed by atoms with van der Waals surface area (Å²) in [6.45, 7) is 7.32. The number of nitrogens with one attached hydrogen (secondary N) is 3. The van der Waals surface area contributed by atoms with Gasteiger partial charge in [0.25, 0.3) is 0 Å². The van der Waals surface area contributed by atoms with Gasteiger partial charge in [0.15, 0.2) is 5.78 Å². The lowest BCUT2D eigenvalue weighted by atomic mass is 9.86. The fourth-order valence-electron chi connectivity index (χ4n) is 3.75. The minimum atomic E-state index is -0.777. The molecule has 3 N–H and O–H groups in total. The first-order valence-electron chi connectivity index (χ1n) is 10.4. The van der Waals surface area contributed by atoms with Crippen LogP contribution in [0.2, 0.25) is 0 Å². The largest absolute Gasteiger partial charge is 0.356 e. The molecule has 3 unspecified atom stereocenters. The lowest BCUT2D eigenvalue weighted by molar-refractivity contribution is -0.132. The van der Waals surface area contributed by atoms with Crippen molar-refractivity contribution in [3.05, 3.63) is 12.7 Å². The molecule has 3 amide bonds. The molecule has 162 valence electrons. The van der Waals surface area contributed by atoms with Gasteiger partial charge in [0, 0.05) is 36.8 Å². The van der Waals surface area contributed by atoms with Gasteiger partial charge in [-0.3, -0.25) is 14.4 Å². The topological polar surface area (TPSA) is 104 Å². The van der Waals surface area contributed by atoms with Crippen LogP contribution in [-0.2, 0) is 14.4 Å². The molecular formula is C21H33N3O4S. The van der Waals surface area contributed by atoms with Gasteiger partial charge >= 0.3 is 6.03 Å². The van der Waals surface area contributed by atoms with E-state index in [1.54, 1.807) is 13.8 Å². The van der Waals surface area contributed by atoms with Crippen LogP contribution >= 0.6 is 11.8 Å². The Kier molecular flexibility index (Phi) is 8.74. The normalized spacial score (nSPS) is 23.1. The average Bonchev–Trinajstić information content (AvgIpc) is 3.21. The number of thioether (sulfide) groups is 1. The average molecular weight is 424 g/mol. The first-order chi connectivity index (χ1) is 13.7. The summed E-state index contributed by atoms with van der Waals surface area (Å²) in [5.74, 6) is 0.838. The van der Waals surface area contributed by atoms with Crippen LogP contribution in [0.5, 0.6) is 0 Å². The second-order valence-corrected chi connectivity index (χ2v) is 9.77. The van der Waals surface area contributed by atoms with Crippen LogP contribution < -0.4 is 16.0 Å². The molecule has 29 heavy (non-hydrogen) atoms. The van der Waals surface area contributed by atoms with Crippen molar-refractivity contribution in [2.45, 2.75) is 76.1 Å². The zero-order chi connectivity index (χ0) is 21.4. The van der Waals surface area contributed by atoms with Crippen LogP contribution in [0.15, 0.2) is 12.7 Å². The van der Waals surface area contributed by atoms with E-state index in [1.807, 2.05) is 11.8 Å². The van der Waals surface area contributed by atoms with Crippen molar-refractivity contribution in [1.29, 1.82) is 0 Å². The summed E-state index contributed by atoms with van der Waals surface area (Å²) in [5, 5.41) is 9.17. The number of carbonyl (C=O) groups excluding carboxylic acids is 4. The first-order valence-corrected chi connectivity index (χ1v) is 11.4. The number of ketones is 2. The molecule has 7 nitrogen and oxygen atoms in total. The number of amides is 3. The van der Waals surface area contributed by atoms with E-state index in [0.29, 0.717) is 31.1 Å². The Morgan fingerprint density at radius 3 is 2.66 bits per heavy atom. The maximum atomic E-state index is 12.2. The molecule has 8 heteroatoms. The van der Waals surface area contributed by atoms with Crippen LogP contribution in [0.3, 0.4) is 0 Å². The van der Waals surface area contributed by atoms with Gasteiger partial charge < -0.3 is 16.0 Å². The summed E-state index contributed by atoms with van der Waals surface area (Å²) < 4.78 is 0. The molecule has 2 aliphatic rings. The molecule has 2 fully saturated rings. The third-order valence-electron chi connectivity index (χ3n) is 5.51. The molecule has 0 aliphatic carbocycles. The Balaban J connectivity index is 1.53. The standard InChI is InChI=1S/C21H33N3O4S/c1-4-14(25)12-21(2,3)19(27)22-11-7-9-15(26)8-5-6-10-17-18-16(13-29-17)23-20(28)24-18/h4,16-18H,1,5-13H2,2-3H3,(H,22,27)(H2,23,24,28). The molecule has 0 radical (unpaired) electrons. The maximum Gasteiger partial charge on any atom is 0.315 e. The number of Topliss-reactive ketones (excluding diaryl/α,β-unsaturated/α-hetero) is 1. The van der Waals surface area contributed by atoms with E-state index in [1.165, 1.54) is 6.08 Å². The number of carbonyl (C=O) groups is 4. The monoisotopic (exact) mass is 423 g/mol. The molecule has 0 saturated carbocycles. The summed E-state index contributed by atoms with van der Waals surface area (Å²) in [6, 6.07) is 0.398. The molecule has 2 rings (SSSR count). The molecule has 0 bridgehead atoms. The summed E-state index contributed by atoms with van der Waals surface area (Å²) in [7, 11) is 0. The molecule has 0 aromatic rings. The quantitative estimate of drug-likeness (QED) is 0.240. The molecular weight excluding hydrogens is 390 g/mol. The van der Waals surface area contributed by atoms with Crippen LogP contribution in [0.25, 0.3) is 0 Å². The van der Waals surface area contributed by atoms with Crippen LogP contribution in [0.4, 0.5) is 4.79 Å². The fraction of sp³-hybridized carbons (Fsp3) is 0.714. The highest BCUT2D eigenvalue weighted by molar-refractivity contribution is 8.00. The van der Waals surface area contributed by atoms with E-state index < -0.39 is 5.41 Å². The first kappa shape index (κ1) is 23.4. The third kappa shape index (κ3) is 7.17. The van der Waals surface area contributed by atoms with E-state index in [2.05, 4.69) is 22.5 Å². The van der Waals surface area contributed by atoms with E-state index >= 15 is 0 Å². The highest BCUT2D eigenvalue weighted by Crippen LogP contribution is 2.33. The lowest BCUT2D eigenvalue weighted by Gasteiger charge is -2.22. The Morgan fingerprint density at radius 2 is 1.93 bits per heavy atom. The summed E-state index contributed by atoms with van der Waals surface area (Å²) in [5.41, 5.74) is -0.777. The van der Waals surface area contributed by atoms with Gasteiger partial charge in [0.2, 0.25) is 5.91 Å². The summed E-state index contributed by atoms with van der Waals surface area (Å²) in [4.78, 5) is 47.1. The molecule has 0 spiro atoms. The number of allylic oxidation sites excluding steroid dienone is 1. The zero-order valence-electron chi connectivity index (χ0n) is 17.4. The van der Waals surface area contributed by atoms with Crippen molar-refractivity contribution in [2.75, 3.05) is 12.3 Å². The Morgan fingerprint density at radius 1 is 1.21 bits per heavy atom. The second kappa shape index (κ2) is 10.8. The van der Waals surface area contributed by atoms with Crippen molar-refractivity contribution in [2.24, 2.45) is 5.41 Å². The predicted molar refractivity (Wildman–Crippen MR) is 115 cm³/mol. The van der Waals surface area contributed by atoms with Crippen molar-refractivity contribution in [3.63, 3.8) is 0 Å². The van der Waals surface area contributed by atoms with Gasteiger partial charge in [-0.25, -0.2) is 4.79 Å². The van der Waals surface area contributed by atoms with E-state index in [0.717, 1.165) is 25.0 Å². The molecule has 2 saturated heterocycles. The molecule has 0 aromatic heterocycles. The summed E-state index contributed by atoms with van der Waals surface area (Å²) in [6.07, 6.45) is 5.83. The van der Waals surface area contributed by atoms with Gasteiger partial charge in [-0.05, 0) is 25.3 Å². The van der Waals surface area contributed by atoms with E-state index in [4.69, 9.17) is 0 Å². The fourth-order valence-corrected chi connectivity index (χ4v) is 5.29. The van der Waals surface area contributed by atoms with Gasteiger partial charge in [-0.1, -0.05) is 26.8 Å². The van der Waals surface area contributed by atoms with Gasteiger partial charge in [0.1, 0.15) is 5.78 Å². The molecule has 2 aliphatic heterocycles. The minimum Gasteiger partial charge on any atom is -0.356 e. The number of unbranched alkanes of at least 4 members (excludes halogenated alkanes) is 1. The van der Waals surface area contributed by atoms with Crippen molar-refractivity contribution >= 4 is 35.3 Å². The number of hydrogen-bond acceptors (Lipinski definition) is 5. The minimum absolute atomic E-state index is 0.0664. The SMILES string of the molecule is C=CC(=O)CC(C)(C)C(=O)NCCCC(=O)CCCCC1SCC2NC(=O)NC21. The van der Waals surface area contributed by atoms with Gasteiger partial charge in [-0.15, -0.1) is 0 Å². The highest BCUT2D eigenvalue weighted by atomic mass is 32.2. The Labute approximate surface area is 177 Å². The zero-order valence-corrected chi connectivity index (χ0v) is 18.2. The Bertz CT molecular complexity index is 650. The molecule has 2 heterocycles. The Hall–Kier alpha value is -1.83. The van der Waals surface area contributed by atoms with Crippen molar-refractivity contribution < 1.29 is 19.2 Å². The van der Waals surface area contributed by atoms with E-state index in [9.17, 15) is 19.2 Å². The summed E-state index contributed by atoms with van der Waals surface area (Å²) >= 11 is 1.89.